The normalized spacial score (nSPS) is 48.1. The fourth-order valence-corrected chi connectivity index (χ4v) is 11.0. The summed E-state index contributed by atoms with van der Waals surface area (Å²) in [6.45, 7) is 5.03. The maximum Gasteiger partial charge on any atom is 0.105 e. The van der Waals surface area contributed by atoms with Gasteiger partial charge in [0, 0.05) is 17.3 Å². The Morgan fingerprint density at radius 1 is 1.00 bits per heavy atom. The Morgan fingerprint density at radius 3 is 2.76 bits per heavy atom. The number of allylic oxidation sites excluding steroid dienone is 5. The Hall–Kier alpha value is -0.915. The van der Waals surface area contributed by atoms with Crippen LogP contribution >= 0.6 is 0 Å². The zero-order valence-corrected chi connectivity index (χ0v) is 21.1. The number of hydrogen-bond donors (Lipinski definition) is 0. The quantitative estimate of drug-likeness (QED) is 0.310. The summed E-state index contributed by atoms with van der Waals surface area (Å²) in [6, 6.07) is 0. The van der Waals surface area contributed by atoms with Crippen molar-refractivity contribution >= 4 is 7.85 Å². The first-order valence-corrected chi connectivity index (χ1v) is 14.7. The van der Waals surface area contributed by atoms with Crippen LogP contribution in [-0.2, 0) is 4.74 Å². The molecule has 33 heavy (non-hydrogen) atoms. The molecule has 0 aromatic heterocycles. The van der Waals surface area contributed by atoms with Crippen molar-refractivity contribution < 1.29 is 4.74 Å². The minimum atomic E-state index is 0.162. The van der Waals surface area contributed by atoms with Crippen LogP contribution in [0.3, 0.4) is 0 Å². The summed E-state index contributed by atoms with van der Waals surface area (Å²) in [5.41, 5.74) is 7.71. The average molecular weight is 442 g/mol. The van der Waals surface area contributed by atoms with Crippen LogP contribution in [0.25, 0.3) is 0 Å². The predicted molar refractivity (Wildman–Crippen MR) is 136 cm³/mol. The molecule has 2 heteroatoms. The van der Waals surface area contributed by atoms with Crippen LogP contribution < -0.4 is 0 Å². The molecule has 0 saturated heterocycles. The molecule has 1 heterocycles. The van der Waals surface area contributed by atoms with Crippen molar-refractivity contribution in [3.63, 3.8) is 0 Å². The van der Waals surface area contributed by atoms with Gasteiger partial charge in [-0.2, -0.15) is 0 Å². The maximum atomic E-state index is 6.81. The summed E-state index contributed by atoms with van der Waals surface area (Å²) in [6.07, 6.45) is 22.2. The molecule has 9 unspecified atom stereocenters. The van der Waals surface area contributed by atoms with E-state index in [0.717, 1.165) is 36.0 Å². The monoisotopic (exact) mass is 442 g/mol. The van der Waals surface area contributed by atoms with Crippen LogP contribution in [0.4, 0.5) is 0 Å². The molecular formula is C31H43BO. The lowest BCUT2D eigenvalue weighted by atomic mass is 9.54. The van der Waals surface area contributed by atoms with E-state index in [1.54, 1.807) is 5.57 Å². The lowest BCUT2D eigenvalue weighted by Crippen LogP contribution is -2.45. The van der Waals surface area contributed by atoms with E-state index in [2.05, 4.69) is 19.9 Å². The van der Waals surface area contributed by atoms with E-state index in [1.807, 2.05) is 16.7 Å². The third-order valence-corrected chi connectivity index (χ3v) is 11.8. The highest BCUT2D eigenvalue weighted by Crippen LogP contribution is 2.76. The highest BCUT2D eigenvalue weighted by molar-refractivity contribution is 6.13. The van der Waals surface area contributed by atoms with Crippen molar-refractivity contribution in [2.24, 2.45) is 40.9 Å². The molecule has 0 aromatic carbocycles. The van der Waals surface area contributed by atoms with Gasteiger partial charge < -0.3 is 4.74 Å². The molecule has 0 N–H and O–H groups in total. The van der Waals surface area contributed by atoms with Crippen molar-refractivity contribution in [3.05, 3.63) is 34.1 Å². The summed E-state index contributed by atoms with van der Waals surface area (Å²) >= 11 is 0. The van der Waals surface area contributed by atoms with Gasteiger partial charge >= 0.3 is 0 Å². The van der Waals surface area contributed by atoms with Gasteiger partial charge in [-0.15, -0.1) is 0 Å². The minimum absolute atomic E-state index is 0.162. The molecule has 3 fully saturated rings. The number of ether oxygens (including phenoxy) is 1. The fourth-order valence-electron chi connectivity index (χ4n) is 11.0. The maximum absolute atomic E-state index is 6.81. The molecule has 176 valence electrons. The third kappa shape index (κ3) is 2.68. The second kappa shape index (κ2) is 7.79. The van der Waals surface area contributed by atoms with E-state index < -0.39 is 0 Å². The van der Waals surface area contributed by atoms with Crippen molar-refractivity contribution in [2.45, 2.75) is 116 Å². The summed E-state index contributed by atoms with van der Waals surface area (Å²) < 4.78 is 6.81. The average Bonchev–Trinajstić information content (AvgIpc) is 3.45. The van der Waals surface area contributed by atoms with Gasteiger partial charge in [0.2, 0.25) is 0 Å². The number of hydrogen-bond acceptors (Lipinski definition) is 1. The fraction of sp³-hybridized carbons (Fsp3) is 0.806. The van der Waals surface area contributed by atoms with Crippen LogP contribution in [-0.4, -0.2) is 14.0 Å². The van der Waals surface area contributed by atoms with Gasteiger partial charge in [0.25, 0.3) is 0 Å². The molecular weight excluding hydrogens is 399 g/mol. The Bertz CT molecular complexity index is 925. The first kappa shape index (κ1) is 21.4. The minimum Gasteiger partial charge on any atom is -0.495 e. The van der Waals surface area contributed by atoms with E-state index in [-0.39, 0.29) is 5.82 Å². The summed E-state index contributed by atoms with van der Waals surface area (Å²) in [7, 11) is 6.66. The van der Waals surface area contributed by atoms with Crippen LogP contribution in [0.5, 0.6) is 0 Å². The van der Waals surface area contributed by atoms with Gasteiger partial charge in [0.15, 0.2) is 0 Å². The molecule has 9 atom stereocenters. The topological polar surface area (TPSA) is 9.23 Å². The molecule has 1 aliphatic heterocycles. The second-order valence-corrected chi connectivity index (χ2v) is 12.8. The predicted octanol–water partition coefficient (Wildman–Crippen LogP) is 8.09. The SMILES string of the molecule is [B]C1CCCC2=C1OC1CCC3C4CCCCC4C4(C5=CCCCC5C(CCC)=C4C)C3C21. The molecule has 1 nitrogen and oxygen atoms in total. The molecule has 0 aromatic rings. The van der Waals surface area contributed by atoms with Crippen molar-refractivity contribution in [3.8, 4) is 0 Å². The zero-order chi connectivity index (χ0) is 22.3. The summed E-state index contributed by atoms with van der Waals surface area (Å²) in [5.74, 6) is 6.36. The Kier molecular flexibility index (Phi) is 5.05. The largest absolute Gasteiger partial charge is 0.495 e. The van der Waals surface area contributed by atoms with Gasteiger partial charge in [0.1, 0.15) is 6.10 Å². The van der Waals surface area contributed by atoms with Crippen LogP contribution in [0.2, 0.25) is 5.82 Å². The Balaban J connectivity index is 1.45. The lowest BCUT2D eigenvalue weighted by Gasteiger charge is -2.49. The van der Waals surface area contributed by atoms with Gasteiger partial charge in [-0.1, -0.05) is 55.4 Å². The van der Waals surface area contributed by atoms with Gasteiger partial charge in [-0.3, -0.25) is 0 Å². The molecule has 7 rings (SSSR count). The van der Waals surface area contributed by atoms with Crippen molar-refractivity contribution in [1.82, 2.24) is 0 Å². The van der Waals surface area contributed by atoms with Crippen LogP contribution in [0, 0.1) is 40.9 Å². The standard InChI is InChI=1S/C31H43BO/c1-3-9-19-18(2)31(24-13-6-4-10-20(19)24)25-14-7-5-11-21(25)22-16-17-27-28(29(22)31)23-12-8-15-26(32)30(23)33-27/h13,20-22,25-29H,3-12,14-17H2,1-2H3. The summed E-state index contributed by atoms with van der Waals surface area (Å²) in [4.78, 5) is 0. The third-order valence-electron chi connectivity index (χ3n) is 11.8. The molecule has 0 amide bonds. The van der Waals surface area contributed by atoms with Gasteiger partial charge in [-0.25, -0.2) is 0 Å². The number of fused-ring (bicyclic) bond motifs is 10. The van der Waals surface area contributed by atoms with Crippen LogP contribution in [0.15, 0.2) is 34.1 Å². The first-order chi connectivity index (χ1) is 16.2. The summed E-state index contributed by atoms with van der Waals surface area (Å²) in [5, 5.41) is 0. The number of rotatable bonds is 2. The van der Waals surface area contributed by atoms with Crippen molar-refractivity contribution in [2.75, 3.05) is 0 Å². The van der Waals surface area contributed by atoms with E-state index in [9.17, 15) is 0 Å². The molecule has 2 radical (unpaired) electrons. The second-order valence-electron chi connectivity index (χ2n) is 12.8. The Labute approximate surface area is 203 Å². The zero-order valence-electron chi connectivity index (χ0n) is 21.1. The smallest absolute Gasteiger partial charge is 0.105 e. The van der Waals surface area contributed by atoms with Crippen LogP contribution in [0.1, 0.15) is 104 Å². The van der Waals surface area contributed by atoms with E-state index >= 15 is 0 Å². The molecule has 6 aliphatic carbocycles. The molecule has 3 saturated carbocycles. The lowest BCUT2D eigenvalue weighted by molar-refractivity contribution is 0.00530. The first-order valence-electron chi connectivity index (χ1n) is 14.7. The van der Waals surface area contributed by atoms with E-state index in [4.69, 9.17) is 12.6 Å². The molecule has 0 bridgehead atoms. The Morgan fingerprint density at radius 2 is 1.88 bits per heavy atom. The van der Waals surface area contributed by atoms with E-state index in [0.29, 0.717) is 17.4 Å². The molecule has 1 spiro atoms. The highest BCUT2D eigenvalue weighted by Gasteiger charge is 2.70. The van der Waals surface area contributed by atoms with E-state index in [1.165, 1.54) is 89.2 Å². The molecule has 7 aliphatic rings. The highest BCUT2D eigenvalue weighted by atomic mass is 16.5. The van der Waals surface area contributed by atoms with Crippen molar-refractivity contribution in [1.29, 1.82) is 0 Å². The van der Waals surface area contributed by atoms with Gasteiger partial charge in [-0.05, 0) is 106 Å². The van der Waals surface area contributed by atoms with Gasteiger partial charge in [0.05, 0.1) is 13.6 Å².